The molecule has 0 bridgehead atoms. The second kappa shape index (κ2) is 12.1. The summed E-state index contributed by atoms with van der Waals surface area (Å²) in [7, 11) is 1.74. The molecule has 1 N–H and O–H groups in total. The molecule has 4 aliphatic rings. The maximum absolute atomic E-state index is 13.5. The Hall–Kier alpha value is -1.87. The van der Waals surface area contributed by atoms with Gasteiger partial charge in [0.1, 0.15) is 12.6 Å². The molecule has 1 aromatic carbocycles. The molecular formula is C28H38Cl2N4O4. The van der Waals surface area contributed by atoms with E-state index in [1.807, 2.05) is 11.0 Å². The van der Waals surface area contributed by atoms with Crippen LogP contribution in [0.25, 0.3) is 0 Å². The summed E-state index contributed by atoms with van der Waals surface area (Å²) in [5.41, 5.74) is 0.886. The van der Waals surface area contributed by atoms with Gasteiger partial charge in [-0.2, -0.15) is 0 Å². The minimum atomic E-state index is -0.246. The van der Waals surface area contributed by atoms with Crippen molar-refractivity contribution in [3.8, 4) is 0 Å². The zero-order valence-corrected chi connectivity index (χ0v) is 23.6. The van der Waals surface area contributed by atoms with Gasteiger partial charge in [0.05, 0.1) is 22.6 Å². The fourth-order valence-corrected chi connectivity index (χ4v) is 6.99. The van der Waals surface area contributed by atoms with Crippen LogP contribution in [0.2, 0.25) is 10.0 Å². The number of likely N-dealkylation sites (tertiary alicyclic amines) is 1. The largest absolute Gasteiger partial charge is 0.368 e. The highest BCUT2D eigenvalue weighted by Crippen LogP contribution is 2.40. The fraction of sp³-hybridized carbons (Fsp3) is 0.679. The molecule has 4 unspecified atom stereocenters. The number of nitrogens with one attached hydrogen (secondary N) is 1. The zero-order valence-electron chi connectivity index (χ0n) is 22.0. The SMILES string of the molecule is CN(Cc1ccc(Cl)c(Cl)c1)C(=O)CN1CNC2CCC(C3CCN(C(=O)C4CCCO4)CC3)CC2C1=O. The van der Waals surface area contributed by atoms with Crippen LogP contribution in [0.5, 0.6) is 0 Å². The van der Waals surface area contributed by atoms with Gasteiger partial charge in [-0.15, -0.1) is 0 Å². The summed E-state index contributed by atoms with van der Waals surface area (Å²) in [6, 6.07) is 5.51. The molecule has 3 aliphatic heterocycles. The predicted octanol–water partition coefficient (Wildman–Crippen LogP) is 3.54. The number of ether oxygens (including phenoxy) is 1. The van der Waals surface area contributed by atoms with E-state index in [2.05, 4.69) is 5.32 Å². The second-order valence-electron chi connectivity index (χ2n) is 11.3. The van der Waals surface area contributed by atoms with Crippen LogP contribution in [0.3, 0.4) is 0 Å². The Morgan fingerprint density at radius 1 is 1.08 bits per heavy atom. The number of carbonyl (C=O) groups is 3. The highest BCUT2D eigenvalue weighted by atomic mass is 35.5. The van der Waals surface area contributed by atoms with Crippen LogP contribution in [-0.2, 0) is 25.7 Å². The van der Waals surface area contributed by atoms with Crippen molar-refractivity contribution >= 4 is 40.9 Å². The third kappa shape index (κ3) is 6.14. The molecule has 4 atom stereocenters. The molecule has 3 heterocycles. The molecule has 0 radical (unpaired) electrons. The van der Waals surface area contributed by atoms with Crippen molar-refractivity contribution in [2.24, 2.45) is 17.8 Å². The summed E-state index contributed by atoms with van der Waals surface area (Å²) in [5, 5.41) is 4.46. The van der Waals surface area contributed by atoms with Gasteiger partial charge in [0, 0.05) is 39.3 Å². The number of rotatable bonds is 6. The number of hydrogen-bond donors (Lipinski definition) is 1. The van der Waals surface area contributed by atoms with Crippen LogP contribution >= 0.6 is 23.2 Å². The first-order valence-corrected chi connectivity index (χ1v) is 14.7. The molecule has 4 fully saturated rings. The molecule has 208 valence electrons. The van der Waals surface area contributed by atoms with E-state index < -0.39 is 0 Å². The van der Waals surface area contributed by atoms with Crippen LogP contribution in [-0.4, -0.2) is 84.5 Å². The maximum Gasteiger partial charge on any atom is 0.251 e. The highest BCUT2D eigenvalue weighted by molar-refractivity contribution is 6.42. The minimum Gasteiger partial charge on any atom is -0.368 e. The van der Waals surface area contributed by atoms with Crippen LogP contribution < -0.4 is 5.32 Å². The summed E-state index contributed by atoms with van der Waals surface area (Å²) in [6.07, 6.45) is 6.48. The fourth-order valence-electron chi connectivity index (χ4n) is 6.67. The van der Waals surface area contributed by atoms with E-state index in [0.717, 1.165) is 63.6 Å². The van der Waals surface area contributed by atoms with Gasteiger partial charge < -0.3 is 19.4 Å². The first-order chi connectivity index (χ1) is 18.3. The van der Waals surface area contributed by atoms with Crippen molar-refractivity contribution in [3.63, 3.8) is 0 Å². The van der Waals surface area contributed by atoms with Gasteiger partial charge in [-0.3, -0.25) is 19.7 Å². The lowest BCUT2D eigenvalue weighted by atomic mass is 9.69. The molecule has 1 aliphatic carbocycles. The second-order valence-corrected chi connectivity index (χ2v) is 12.2. The Bertz CT molecular complexity index is 1040. The van der Waals surface area contributed by atoms with Crippen molar-refractivity contribution in [1.29, 1.82) is 0 Å². The van der Waals surface area contributed by atoms with E-state index in [0.29, 0.717) is 41.7 Å². The Morgan fingerprint density at radius 3 is 2.58 bits per heavy atom. The maximum atomic E-state index is 13.5. The van der Waals surface area contributed by atoms with Crippen molar-refractivity contribution in [1.82, 2.24) is 20.0 Å². The standard InChI is InChI=1S/C28H38Cl2N4O4/c1-32(15-18-4-6-22(29)23(30)13-18)26(35)16-34-17-31-24-7-5-20(14-21(24)27(34)36)19-8-10-33(11-9-19)28(37)25-3-2-12-38-25/h4,6,13,19-21,24-25,31H,2-3,5,7-12,14-17H2,1H3. The number of amides is 3. The number of piperidine rings is 1. The van der Waals surface area contributed by atoms with Gasteiger partial charge in [0.25, 0.3) is 5.91 Å². The van der Waals surface area contributed by atoms with Crippen LogP contribution in [0.4, 0.5) is 0 Å². The van der Waals surface area contributed by atoms with Gasteiger partial charge in [0.2, 0.25) is 11.8 Å². The quantitative estimate of drug-likeness (QED) is 0.571. The molecule has 0 aromatic heterocycles. The predicted molar refractivity (Wildman–Crippen MR) is 146 cm³/mol. The number of carbonyl (C=O) groups excluding carboxylic acids is 3. The van der Waals surface area contributed by atoms with Gasteiger partial charge >= 0.3 is 0 Å². The molecule has 38 heavy (non-hydrogen) atoms. The summed E-state index contributed by atoms with van der Waals surface area (Å²) in [6.45, 7) is 3.11. The van der Waals surface area contributed by atoms with Crippen LogP contribution in [0.15, 0.2) is 18.2 Å². The van der Waals surface area contributed by atoms with E-state index in [9.17, 15) is 14.4 Å². The number of likely N-dealkylation sites (N-methyl/N-ethyl adjacent to an activating group) is 1. The first kappa shape index (κ1) is 27.7. The Kier molecular flexibility index (Phi) is 8.82. The Balaban J connectivity index is 1.12. The van der Waals surface area contributed by atoms with Crippen molar-refractivity contribution in [3.05, 3.63) is 33.8 Å². The number of nitrogens with zero attached hydrogens (tertiary/aromatic N) is 3. The van der Waals surface area contributed by atoms with E-state index in [1.54, 1.807) is 29.0 Å². The third-order valence-corrected chi connectivity index (χ3v) is 9.68. The highest BCUT2D eigenvalue weighted by Gasteiger charge is 2.43. The molecule has 5 rings (SSSR count). The molecule has 3 saturated heterocycles. The topological polar surface area (TPSA) is 82.2 Å². The molecular weight excluding hydrogens is 527 g/mol. The smallest absolute Gasteiger partial charge is 0.251 e. The summed E-state index contributed by atoms with van der Waals surface area (Å²) >= 11 is 12.1. The number of hydrogen-bond acceptors (Lipinski definition) is 5. The molecule has 8 nitrogen and oxygen atoms in total. The lowest BCUT2D eigenvalue weighted by Gasteiger charge is -2.46. The molecule has 1 aromatic rings. The molecule has 10 heteroatoms. The van der Waals surface area contributed by atoms with Gasteiger partial charge in [-0.25, -0.2) is 0 Å². The third-order valence-electron chi connectivity index (χ3n) is 8.94. The monoisotopic (exact) mass is 564 g/mol. The van der Waals surface area contributed by atoms with Crippen LogP contribution in [0.1, 0.15) is 50.5 Å². The Morgan fingerprint density at radius 2 is 1.87 bits per heavy atom. The van der Waals surface area contributed by atoms with E-state index in [-0.39, 0.29) is 42.3 Å². The molecule has 1 saturated carbocycles. The average molecular weight is 566 g/mol. The minimum absolute atomic E-state index is 0.0568. The zero-order chi connectivity index (χ0) is 26.8. The van der Waals surface area contributed by atoms with Crippen molar-refractivity contribution < 1.29 is 19.1 Å². The molecule has 3 amide bonds. The lowest BCUT2D eigenvalue weighted by molar-refractivity contribution is -0.149. The first-order valence-electron chi connectivity index (χ1n) is 13.9. The lowest BCUT2D eigenvalue weighted by Crippen LogP contribution is -2.60. The number of fused-ring (bicyclic) bond motifs is 1. The number of benzene rings is 1. The van der Waals surface area contributed by atoms with Crippen molar-refractivity contribution in [2.75, 3.05) is 40.0 Å². The van der Waals surface area contributed by atoms with Gasteiger partial charge in [-0.1, -0.05) is 29.3 Å². The van der Waals surface area contributed by atoms with E-state index >= 15 is 0 Å². The summed E-state index contributed by atoms with van der Waals surface area (Å²) in [4.78, 5) is 44.4. The molecule has 0 spiro atoms. The Labute approximate surface area is 234 Å². The van der Waals surface area contributed by atoms with E-state index in [4.69, 9.17) is 27.9 Å². The summed E-state index contributed by atoms with van der Waals surface area (Å²) in [5.74, 6) is 1.05. The van der Waals surface area contributed by atoms with Gasteiger partial charge in [-0.05, 0) is 74.5 Å². The number of halogens is 2. The summed E-state index contributed by atoms with van der Waals surface area (Å²) < 4.78 is 5.60. The van der Waals surface area contributed by atoms with Crippen LogP contribution in [0, 0.1) is 17.8 Å². The normalized spacial score (nSPS) is 28.3. The van der Waals surface area contributed by atoms with Gasteiger partial charge in [0.15, 0.2) is 0 Å². The van der Waals surface area contributed by atoms with Crippen molar-refractivity contribution in [2.45, 2.75) is 63.6 Å². The average Bonchev–Trinajstić information content (AvgIpc) is 3.47. The van der Waals surface area contributed by atoms with E-state index in [1.165, 1.54) is 0 Å².